The Bertz CT molecular complexity index is 483. The number of nitrogens with one attached hydrogen (secondary N) is 1. The fourth-order valence-electron chi connectivity index (χ4n) is 2.16. The van der Waals surface area contributed by atoms with Crippen molar-refractivity contribution in [2.45, 2.75) is 26.3 Å². The molecule has 1 aliphatic heterocycles. The van der Waals surface area contributed by atoms with Crippen molar-refractivity contribution in [2.24, 2.45) is 5.92 Å². The highest BCUT2D eigenvalue weighted by Gasteiger charge is 2.28. The van der Waals surface area contributed by atoms with Crippen LogP contribution in [0.25, 0.3) is 0 Å². The molecule has 0 unspecified atom stereocenters. The average Bonchev–Trinajstić information content (AvgIpc) is 2.36. The summed E-state index contributed by atoms with van der Waals surface area (Å²) in [6, 6.07) is -1.39. The second-order valence-corrected chi connectivity index (χ2v) is 7.60. The minimum atomic E-state index is -3.25. The van der Waals surface area contributed by atoms with Gasteiger partial charge in [-0.2, -0.15) is 4.31 Å². The van der Waals surface area contributed by atoms with Crippen molar-refractivity contribution in [2.75, 3.05) is 32.4 Å². The molecule has 0 saturated carbocycles. The molecule has 0 aromatic heterocycles. The maximum atomic E-state index is 12.0. The van der Waals surface area contributed by atoms with E-state index < -0.39 is 28.1 Å². The molecule has 1 aliphatic rings. The largest absolute Gasteiger partial charge is 0.480 e. The number of aliphatic carboxylic acids is 1. The summed E-state index contributed by atoms with van der Waals surface area (Å²) in [6.07, 6.45) is 1.48. The molecule has 1 rings (SSSR count). The highest BCUT2D eigenvalue weighted by atomic mass is 32.2. The first-order valence-electron chi connectivity index (χ1n) is 6.84. The van der Waals surface area contributed by atoms with Crippen LogP contribution in [0, 0.1) is 5.92 Å². The van der Waals surface area contributed by atoms with Crippen LogP contribution in [0.4, 0.5) is 4.79 Å². The molecule has 9 heteroatoms. The second kappa shape index (κ2) is 7.08. The summed E-state index contributed by atoms with van der Waals surface area (Å²) in [5.41, 5.74) is 0. The molecule has 2 N–H and O–H groups in total. The highest BCUT2D eigenvalue weighted by molar-refractivity contribution is 7.88. The van der Waals surface area contributed by atoms with E-state index in [4.69, 9.17) is 5.11 Å². The van der Waals surface area contributed by atoms with Gasteiger partial charge in [0.05, 0.1) is 6.26 Å². The number of hydrogen-bond acceptors (Lipinski definition) is 4. The van der Waals surface area contributed by atoms with Crippen molar-refractivity contribution in [3.05, 3.63) is 0 Å². The second-order valence-electron chi connectivity index (χ2n) is 5.62. The number of amides is 2. The highest BCUT2D eigenvalue weighted by Crippen LogP contribution is 2.09. The third-order valence-corrected chi connectivity index (χ3v) is 4.60. The maximum Gasteiger partial charge on any atom is 0.326 e. The Hall–Kier alpha value is -1.35. The predicted octanol–water partition coefficient (Wildman–Crippen LogP) is -0.227. The minimum absolute atomic E-state index is 0.147. The summed E-state index contributed by atoms with van der Waals surface area (Å²) in [5, 5.41) is 11.6. The molecule has 2 amide bonds. The Balaban J connectivity index is 2.55. The molecule has 1 atom stereocenters. The van der Waals surface area contributed by atoms with E-state index in [0.29, 0.717) is 6.42 Å². The van der Waals surface area contributed by atoms with Gasteiger partial charge in [-0.05, 0) is 12.3 Å². The molecule has 0 aliphatic carbocycles. The molecule has 0 aromatic rings. The van der Waals surface area contributed by atoms with Crippen LogP contribution in [-0.2, 0) is 14.8 Å². The van der Waals surface area contributed by atoms with Crippen LogP contribution in [0.2, 0.25) is 0 Å². The molecule has 0 aromatic carbocycles. The smallest absolute Gasteiger partial charge is 0.326 e. The molecule has 8 nitrogen and oxygen atoms in total. The number of sulfonamides is 1. The van der Waals surface area contributed by atoms with Gasteiger partial charge in [0, 0.05) is 26.2 Å². The summed E-state index contributed by atoms with van der Waals surface area (Å²) in [6.45, 7) is 4.74. The van der Waals surface area contributed by atoms with Gasteiger partial charge in [0.1, 0.15) is 6.04 Å². The van der Waals surface area contributed by atoms with Crippen molar-refractivity contribution >= 4 is 22.0 Å². The first kappa shape index (κ1) is 17.7. The van der Waals surface area contributed by atoms with Crippen molar-refractivity contribution in [1.82, 2.24) is 14.5 Å². The van der Waals surface area contributed by atoms with Crippen molar-refractivity contribution < 1.29 is 23.1 Å². The normalized spacial score (nSPS) is 18.6. The number of carbonyl (C=O) groups is 2. The Morgan fingerprint density at radius 3 is 2.10 bits per heavy atom. The zero-order valence-electron chi connectivity index (χ0n) is 12.6. The van der Waals surface area contributed by atoms with Gasteiger partial charge in [-0.15, -0.1) is 0 Å². The van der Waals surface area contributed by atoms with E-state index in [-0.39, 0.29) is 32.1 Å². The van der Waals surface area contributed by atoms with Gasteiger partial charge in [-0.1, -0.05) is 13.8 Å². The summed E-state index contributed by atoms with van der Waals surface area (Å²) in [4.78, 5) is 24.6. The number of carboxylic acids is 1. The Morgan fingerprint density at radius 1 is 1.19 bits per heavy atom. The van der Waals surface area contributed by atoms with Gasteiger partial charge in [-0.25, -0.2) is 18.0 Å². The minimum Gasteiger partial charge on any atom is -0.480 e. The Labute approximate surface area is 125 Å². The molecule has 122 valence electrons. The molecule has 1 saturated heterocycles. The van der Waals surface area contributed by atoms with Crippen molar-refractivity contribution in [3.63, 3.8) is 0 Å². The lowest BCUT2D eigenvalue weighted by Crippen LogP contribution is -2.55. The molecule has 0 spiro atoms. The number of carbonyl (C=O) groups excluding carboxylic acids is 1. The third-order valence-electron chi connectivity index (χ3n) is 3.30. The van der Waals surface area contributed by atoms with E-state index >= 15 is 0 Å². The summed E-state index contributed by atoms with van der Waals surface area (Å²) in [5.74, 6) is -0.916. The maximum absolute atomic E-state index is 12.0. The lowest BCUT2D eigenvalue weighted by Gasteiger charge is -2.34. The van der Waals surface area contributed by atoms with E-state index in [2.05, 4.69) is 5.32 Å². The molecule has 1 heterocycles. The summed E-state index contributed by atoms with van der Waals surface area (Å²) in [7, 11) is -3.25. The SMILES string of the molecule is CC(C)C[C@H](NC(=O)N1CCN(S(C)(=O)=O)CC1)C(=O)O. The predicted molar refractivity (Wildman–Crippen MR) is 77.4 cm³/mol. The van der Waals surface area contributed by atoms with E-state index in [9.17, 15) is 18.0 Å². The Morgan fingerprint density at radius 2 is 1.71 bits per heavy atom. The van der Waals surface area contributed by atoms with Gasteiger partial charge in [0.2, 0.25) is 10.0 Å². The monoisotopic (exact) mass is 321 g/mol. The molecule has 0 bridgehead atoms. The van der Waals surface area contributed by atoms with Crippen LogP contribution >= 0.6 is 0 Å². The third kappa shape index (κ3) is 5.50. The zero-order chi connectivity index (χ0) is 16.2. The molecule has 21 heavy (non-hydrogen) atoms. The lowest BCUT2D eigenvalue weighted by atomic mass is 10.0. The fourth-order valence-corrected chi connectivity index (χ4v) is 2.98. The number of nitrogens with zero attached hydrogens (tertiary/aromatic N) is 2. The number of piperazine rings is 1. The quantitative estimate of drug-likeness (QED) is 0.727. The van der Waals surface area contributed by atoms with Crippen LogP contribution < -0.4 is 5.32 Å². The van der Waals surface area contributed by atoms with Gasteiger partial charge >= 0.3 is 12.0 Å². The first-order valence-corrected chi connectivity index (χ1v) is 8.69. The molecular formula is C12H23N3O5S. The molecule has 1 fully saturated rings. The van der Waals surface area contributed by atoms with Gasteiger partial charge in [-0.3, -0.25) is 0 Å². The van der Waals surface area contributed by atoms with Crippen LogP contribution in [0.15, 0.2) is 0 Å². The van der Waals surface area contributed by atoms with Gasteiger partial charge in [0.25, 0.3) is 0 Å². The summed E-state index contributed by atoms with van der Waals surface area (Å²) >= 11 is 0. The van der Waals surface area contributed by atoms with Crippen LogP contribution in [0.3, 0.4) is 0 Å². The number of urea groups is 1. The van der Waals surface area contributed by atoms with Gasteiger partial charge < -0.3 is 15.3 Å². The van der Waals surface area contributed by atoms with Crippen LogP contribution in [0.1, 0.15) is 20.3 Å². The van der Waals surface area contributed by atoms with E-state index in [0.717, 1.165) is 6.26 Å². The zero-order valence-corrected chi connectivity index (χ0v) is 13.4. The first-order chi connectivity index (χ1) is 9.61. The van der Waals surface area contributed by atoms with Crippen LogP contribution in [-0.4, -0.2) is 73.2 Å². The van der Waals surface area contributed by atoms with Gasteiger partial charge in [0.15, 0.2) is 0 Å². The Kier molecular flexibility index (Phi) is 5.97. The summed E-state index contributed by atoms with van der Waals surface area (Å²) < 4.78 is 24.1. The molecular weight excluding hydrogens is 298 g/mol. The number of hydrogen-bond donors (Lipinski definition) is 2. The topological polar surface area (TPSA) is 107 Å². The standard InChI is InChI=1S/C12H23N3O5S/c1-9(2)8-10(11(16)17)13-12(18)14-4-6-15(7-5-14)21(3,19)20/h9-10H,4-8H2,1-3H3,(H,13,18)(H,16,17)/t10-/m0/s1. The number of rotatable bonds is 5. The lowest BCUT2D eigenvalue weighted by molar-refractivity contribution is -0.139. The number of carboxylic acid groups (broad SMARTS) is 1. The van der Waals surface area contributed by atoms with E-state index in [1.807, 2.05) is 13.8 Å². The van der Waals surface area contributed by atoms with E-state index in [1.54, 1.807) is 0 Å². The van der Waals surface area contributed by atoms with E-state index in [1.165, 1.54) is 9.21 Å². The molecule has 0 radical (unpaired) electrons. The average molecular weight is 321 g/mol. The fraction of sp³-hybridized carbons (Fsp3) is 0.833. The van der Waals surface area contributed by atoms with Crippen molar-refractivity contribution in [1.29, 1.82) is 0 Å². The van der Waals surface area contributed by atoms with Crippen molar-refractivity contribution in [3.8, 4) is 0 Å². The van der Waals surface area contributed by atoms with Crippen LogP contribution in [0.5, 0.6) is 0 Å².